The zero-order valence-corrected chi connectivity index (χ0v) is 11.6. The first kappa shape index (κ1) is 14.4. The Morgan fingerprint density at radius 1 is 1.35 bits per heavy atom. The van der Waals surface area contributed by atoms with Gasteiger partial charge in [-0.3, -0.25) is 11.3 Å². The summed E-state index contributed by atoms with van der Waals surface area (Å²) in [6.45, 7) is 3.24. The summed E-state index contributed by atoms with van der Waals surface area (Å²) in [6.07, 6.45) is 1.19. The van der Waals surface area contributed by atoms with Crippen LogP contribution in [0.2, 0.25) is 5.02 Å². The van der Waals surface area contributed by atoms with Crippen molar-refractivity contribution in [3.63, 3.8) is 0 Å². The maximum Gasteiger partial charge on any atom is 0.154 e. The van der Waals surface area contributed by atoms with Crippen LogP contribution in [0.25, 0.3) is 0 Å². The summed E-state index contributed by atoms with van der Waals surface area (Å²) >= 11 is 6.06. The molecule has 1 atom stereocenters. The summed E-state index contributed by atoms with van der Waals surface area (Å²) in [4.78, 5) is 0. The predicted octanol–water partition coefficient (Wildman–Crippen LogP) is 1.67. The molecule has 0 heterocycles. The molecule has 1 aromatic rings. The zero-order valence-electron chi connectivity index (χ0n) is 10.1. The molecule has 3 N–H and O–H groups in total. The monoisotopic (exact) mass is 276 g/mol. The van der Waals surface area contributed by atoms with Gasteiger partial charge in [0.1, 0.15) is 0 Å². The molecule has 0 aromatic heterocycles. The number of benzene rings is 1. The second-order valence-electron chi connectivity index (χ2n) is 4.50. The molecule has 1 rings (SSSR count). The number of nitrogens with two attached hydrogens (primary N) is 1. The Bertz CT molecular complexity index is 500. The van der Waals surface area contributed by atoms with Crippen molar-refractivity contribution in [1.82, 2.24) is 5.43 Å². The fourth-order valence-corrected chi connectivity index (χ4v) is 2.46. The molecule has 0 fully saturated rings. The van der Waals surface area contributed by atoms with E-state index >= 15 is 0 Å². The van der Waals surface area contributed by atoms with Gasteiger partial charge in [0.2, 0.25) is 0 Å². The first-order valence-corrected chi connectivity index (χ1v) is 7.39. The van der Waals surface area contributed by atoms with Gasteiger partial charge < -0.3 is 0 Å². The van der Waals surface area contributed by atoms with Crippen LogP contribution >= 0.6 is 11.6 Å². The molecule has 0 amide bonds. The summed E-state index contributed by atoms with van der Waals surface area (Å²) in [7, 11) is -3.28. The molecular weight excluding hydrogens is 260 g/mol. The standard InChI is InChI=1S/C11H17ClN2O2S/c1-11(2,17(3,15)16)10(14-13)8-6-4-5-7-9(8)12/h4-7,10,14H,13H2,1-3H3. The topological polar surface area (TPSA) is 72.2 Å². The molecule has 0 radical (unpaired) electrons. The van der Waals surface area contributed by atoms with Gasteiger partial charge in [-0.15, -0.1) is 0 Å². The van der Waals surface area contributed by atoms with Crippen LogP contribution < -0.4 is 11.3 Å². The van der Waals surface area contributed by atoms with Crippen LogP contribution in [0.5, 0.6) is 0 Å². The molecule has 96 valence electrons. The fourth-order valence-electron chi connectivity index (χ4n) is 1.59. The maximum atomic E-state index is 11.8. The van der Waals surface area contributed by atoms with Gasteiger partial charge in [-0.2, -0.15) is 0 Å². The molecule has 17 heavy (non-hydrogen) atoms. The Kier molecular flexibility index (Phi) is 4.19. The van der Waals surface area contributed by atoms with Crippen molar-refractivity contribution in [3.8, 4) is 0 Å². The Hall–Kier alpha value is -0.620. The van der Waals surface area contributed by atoms with E-state index < -0.39 is 20.6 Å². The quantitative estimate of drug-likeness (QED) is 0.648. The summed E-state index contributed by atoms with van der Waals surface area (Å²) in [5, 5.41) is 0.493. The van der Waals surface area contributed by atoms with E-state index in [9.17, 15) is 8.42 Å². The molecule has 0 aliphatic rings. The summed E-state index contributed by atoms with van der Waals surface area (Å²) < 4.78 is 22.5. The Morgan fingerprint density at radius 2 is 1.88 bits per heavy atom. The fraction of sp³-hybridized carbons (Fsp3) is 0.455. The van der Waals surface area contributed by atoms with E-state index in [0.717, 1.165) is 0 Å². The normalized spacial score (nSPS) is 14.6. The molecule has 0 spiro atoms. The van der Waals surface area contributed by atoms with E-state index in [1.165, 1.54) is 6.26 Å². The molecule has 6 heteroatoms. The van der Waals surface area contributed by atoms with Gasteiger partial charge in [0.25, 0.3) is 0 Å². The molecule has 0 saturated carbocycles. The third kappa shape index (κ3) is 2.80. The van der Waals surface area contributed by atoms with Crippen molar-refractivity contribution in [2.45, 2.75) is 24.6 Å². The van der Waals surface area contributed by atoms with Crippen molar-refractivity contribution < 1.29 is 8.42 Å². The highest BCUT2D eigenvalue weighted by Crippen LogP contribution is 2.34. The minimum Gasteiger partial charge on any atom is -0.271 e. The first-order chi connectivity index (χ1) is 7.71. The van der Waals surface area contributed by atoms with Gasteiger partial charge in [-0.05, 0) is 25.5 Å². The van der Waals surface area contributed by atoms with Crippen molar-refractivity contribution in [1.29, 1.82) is 0 Å². The maximum absolute atomic E-state index is 11.8. The minimum absolute atomic E-state index is 0.493. The van der Waals surface area contributed by atoms with E-state index in [4.69, 9.17) is 17.4 Å². The van der Waals surface area contributed by atoms with E-state index in [0.29, 0.717) is 10.6 Å². The Morgan fingerprint density at radius 3 is 2.29 bits per heavy atom. The van der Waals surface area contributed by atoms with Crippen LogP contribution in [0.1, 0.15) is 25.5 Å². The van der Waals surface area contributed by atoms with Crippen molar-refractivity contribution in [2.75, 3.05) is 6.26 Å². The van der Waals surface area contributed by atoms with Gasteiger partial charge in [0.05, 0.1) is 10.8 Å². The lowest BCUT2D eigenvalue weighted by molar-refractivity contribution is 0.428. The van der Waals surface area contributed by atoms with Crippen LogP contribution in [0.3, 0.4) is 0 Å². The average Bonchev–Trinajstić information content (AvgIpc) is 2.20. The van der Waals surface area contributed by atoms with Gasteiger partial charge in [-0.1, -0.05) is 29.8 Å². The highest BCUT2D eigenvalue weighted by Gasteiger charge is 2.40. The van der Waals surface area contributed by atoms with E-state index in [-0.39, 0.29) is 0 Å². The summed E-state index contributed by atoms with van der Waals surface area (Å²) in [5.74, 6) is 5.48. The van der Waals surface area contributed by atoms with Gasteiger partial charge in [0.15, 0.2) is 9.84 Å². The van der Waals surface area contributed by atoms with Crippen molar-refractivity contribution in [2.24, 2.45) is 5.84 Å². The SMILES string of the molecule is CC(C)(C(NN)c1ccccc1Cl)S(C)(=O)=O. The number of hydrazine groups is 1. The van der Waals surface area contributed by atoms with Gasteiger partial charge in [0, 0.05) is 11.3 Å². The van der Waals surface area contributed by atoms with E-state index in [1.807, 2.05) is 0 Å². The van der Waals surface area contributed by atoms with Crippen LogP contribution in [0.4, 0.5) is 0 Å². The first-order valence-electron chi connectivity index (χ1n) is 5.12. The third-order valence-corrected chi connectivity index (χ3v) is 5.52. The molecule has 4 nitrogen and oxygen atoms in total. The van der Waals surface area contributed by atoms with Crippen LogP contribution in [0.15, 0.2) is 24.3 Å². The second-order valence-corrected chi connectivity index (χ2v) is 7.50. The zero-order chi connectivity index (χ0) is 13.3. The molecular formula is C11H17ClN2O2S. The number of halogens is 1. The van der Waals surface area contributed by atoms with Crippen molar-refractivity contribution in [3.05, 3.63) is 34.9 Å². The average molecular weight is 277 g/mol. The molecule has 0 saturated heterocycles. The van der Waals surface area contributed by atoms with Gasteiger partial charge >= 0.3 is 0 Å². The highest BCUT2D eigenvalue weighted by molar-refractivity contribution is 7.92. The lowest BCUT2D eigenvalue weighted by atomic mass is 9.96. The van der Waals surface area contributed by atoms with Gasteiger partial charge in [-0.25, -0.2) is 8.42 Å². The number of sulfone groups is 1. The molecule has 0 aliphatic heterocycles. The number of rotatable bonds is 4. The summed E-state index contributed by atoms with van der Waals surface area (Å²) in [5.41, 5.74) is 3.22. The van der Waals surface area contributed by atoms with Crippen LogP contribution in [-0.4, -0.2) is 19.4 Å². The number of nitrogens with one attached hydrogen (secondary N) is 1. The molecule has 1 aromatic carbocycles. The molecule has 0 aliphatic carbocycles. The molecule has 0 bridgehead atoms. The van der Waals surface area contributed by atoms with Crippen LogP contribution in [-0.2, 0) is 9.84 Å². The largest absolute Gasteiger partial charge is 0.271 e. The second kappa shape index (κ2) is 4.94. The van der Waals surface area contributed by atoms with Crippen LogP contribution in [0, 0.1) is 0 Å². The van der Waals surface area contributed by atoms with E-state index in [1.54, 1.807) is 38.1 Å². The smallest absolute Gasteiger partial charge is 0.154 e. The van der Waals surface area contributed by atoms with E-state index in [2.05, 4.69) is 5.43 Å². The lowest BCUT2D eigenvalue weighted by Crippen LogP contribution is -2.47. The number of hydrogen-bond acceptors (Lipinski definition) is 4. The Labute approximate surface area is 107 Å². The third-order valence-electron chi connectivity index (χ3n) is 3.03. The minimum atomic E-state index is -3.28. The lowest BCUT2D eigenvalue weighted by Gasteiger charge is -2.32. The summed E-state index contributed by atoms with van der Waals surface area (Å²) in [6, 6.07) is 6.49. The van der Waals surface area contributed by atoms with Crippen molar-refractivity contribution >= 4 is 21.4 Å². The Balaban J connectivity index is 3.31. The number of hydrogen-bond donors (Lipinski definition) is 2. The molecule has 1 unspecified atom stereocenters. The predicted molar refractivity (Wildman–Crippen MR) is 70.4 cm³/mol. The highest BCUT2D eigenvalue weighted by atomic mass is 35.5.